The molecule has 21 heavy (non-hydrogen) atoms. The van der Waals surface area contributed by atoms with Crippen molar-refractivity contribution in [2.24, 2.45) is 11.7 Å². The molecule has 116 valence electrons. The Morgan fingerprint density at radius 3 is 2.38 bits per heavy atom. The van der Waals surface area contributed by atoms with Crippen molar-refractivity contribution < 1.29 is 18.0 Å². The van der Waals surface area contributed by atoms with Crippen molar-refractivity contribution in [3.63, 3.8) is 0 Å². The zero-order valence-corrected chi connectivity index (χ0v) is 12.8. The van der Waals surface area contributed by atoms with E-state index in [2.05, 4.69) is 21.2 Å². The Labute approximate surface area is 129 Å². The summed E-state index contributed by atoms with van der Waals surface area (Å²) in [5, 5.41) is 2.95. The maximum atomic E-state index is 13.0. The molecule has 1 aliphatic carbocycles. The molecular weight excluding hydrogens is 349 g/mol. The average molecular weight is 365 g/mol. The number of hydrogen-bond acceptors (Lipinski definition) is 2. The molecule has 1 aromatic rings. The van der Waals surface area contributed by atoms with Crippen LogP contribution in [0.5, 0.6) is 0 Å². The van der Waals surface area contributed by atoms with Crippen LogP contribution in [0.4, 0.5) is 18.9 Å². The van der Waals surface area contributed by atoms with Crippen molar-refractivity contribution in [2.45, 2.75) is 37.9 Å². The van der Waals surface area contributed by atoms with Crippen LogP contribution in [0.25, 0.3) is 0 Å². The van der Waals surface area contributed by atoms with E-state index in [4.69, 9.17) is 5.73 Å². The van der Waals surface area contributed by atoms with Gasteiger partial charge in [-0.15, -0.1) is 0 Å². The normalized spacial score (nSPS) is 22.9. The molecule has 3 N–H and O–H groups in total. The van der Waals surface area contributed by atoms with Gasteiger partial charge >= 0.3 is 6.18 Å². The highest BCUT2D eigenvalue weighted by molar-refractivity contribution is 9.10. The molecular formula is C14H16BrF3N2O. The smallest absolute Gasteiger partial charge is 0.382 e. The van der Waals surface area contributed by atoms with E-state index >= 15 is 0 Å². The van der Waals surface area contributed by atoms with Gasteiger partial charge in [-0.2, -0.15) is 13.2 Å². The van der Waals surface area contributed by atoms with Crippen LogP contribution >= 0.6 is 15.9 Å². The quantitative estimate of drug-likeness (QED) is 0.853. The maximum absolute atomic E-state index is 13.0. The SMILES string of the molecule is NC(=O)C1CCC(Nc2cc(Br)ccc2C(F)(F)F)CC1. The molecule has 0 aliphatic heterocycles. The summed E-state index contributed by atoms with van der Waals surface area (Å²) in [6.45, 7) is 0. The maximum Gasteiger partial charge on any atom is 0.418 e. The number of nitrogens with one attached hydrogen (secondary N) is 1. The predicted octanol–water partition coefficient (Wildman–Crippen LogP) is 3.92. The number of benzene rings is 1. The van der Waals surface area contributed by atoms with Gasteiger partial charge in [-0.3, -0.25) is 4.79 Å². The van der Waals surface area contributed by atoms with Gasteiger partial charge in [0.05, 0.1) is 5.56 Å². The first-order valence-electron chi connectivity index (χ1n) is 6.70. The molecule has 1 fully saturated rings. The number of alkyl halides is 3. The fourth-order valence-corrected chi connectivity index (χ4v) is 2.99. The summed E-state index contributed by atoms with van der Waals surface area (Å²) in [7, 11) is 0. The minimum atomic E-state index is -4.40. The zero-order valence-electron chi connectivity index (χ0n) is 11.2. The number of halogens is 4. The van der Waals surface area contributed by atoms with E-state index in [1.165, 1.54) is 12.1 Å². The van der Waals surface area contributed by atoms with Gasteiger partial charge in [0.1, 0.15) is 0 Å². The van der Waals surface area contributed by atoms with Gasteiger partial charge in [0.2, 0.25) is 5.91 Å². The first-order chi connectivity index (χ1) is 9.77. The largest absolute Gasteiger partial charge is 0.418 e. The van der Waals surface area contributed by atoms with Crippen molar-refractivity contribution in [3.05, 3.63) is 28.2 Å². The monoisotopic (exact) mass is 364 g/mol. The Bertz CT molecular complexity index is 525. The van der Waals surface area contributed by atoms with E-state index in [1.807, 2.05) is 0 Å². The van der Waals surface area contributed by atoms with Crippen LogP contribution in [0.2, 0.25) is 0 Å². The zero-order chi connectivity index (χ0) is 15.6. The highest BCUT2D eigenvalue weighted by Crippen LogP contribution is 2.37. The third-order valence-electron chi connectivity index (χ3n) is 3.78. The summed E-state index contributed by atoms with van der Waals surface area (Å²) >= 11 is 3.19. The summed E-state index contributed by atoms with van der Waals surface area (Å²) in [5.41, 5.74) is 4.64. The highest BCUT2D eigenvalue weighted by atomic mass is 79.9. The highest BCUT2D eigenvalue weighted by Gasteiger charge is 2.34. The molecule has 1 aromatic carbocycles. The fourth-order valence-electron chi connectivity index (χ4n) is 2.63. The first kappa shape index (κ1) is 16.1. The summed E-state index contributed by atoms with van der Waals surface area (Å²) in [5.74, 6) is -0.487. The summed E-state index contributed by atoms with van der Waals surface area (Å²) in [6, 6.07) is 3.79. The number of carbonyl (C=O) groups excluding carboxylic acids is 1. The molecule has 7 heteroatoms. The topological polar surface area (TPSA) is 55.1 Å². The molecule has 0 heterocycles. The van der Waals surface area contributed by atoms with Crippen molar-refractivity contribution in [1.82, 2.24) is 0 Å². The third kappa shape index (κ3) is 4.12. The van der Waals surface area contributed by atoms with Gasteiger partial charge in [-0.25, -0.2) is 0 Å². The second kappa shape index (κ2) is 6.25. The lowest BCUT2D eigenvalue weighted by Gasteiger charge is -2.29. The van der Waals surface area contributed by atoms with E-state index in [0.717, 1.165) is 6.07 Å². The molecule has 0 spiro atoms. The predicted molar refractivity (Wildman–Crippen MR) is 77.7 cm³/mol. The van der Waals surface area contributed by atoms with Crippen LogP contribution in [0.15, 0.2) is 22.7 Å². The molecule has 2 rings (SSSR count). The van der Waals surface area contributed by atoms with Crippen LogP contribution < -0.4 is 11.1 Å². The summed E-state index contributed by atoms with van der Waals surface area (Å²) in [4.78, 5) is 11.1. The Morgan fingerprint density at radius 2 is 1.86 bits per heavy atom. The lowest BCUT2D eigenvalue weighted by atomic mass is 9.85. The van der Waals surface area contributed by atoms with Crippen molar-refractivity contribution in [2.75, 3.05) is 5.32 Å². The van der Waals surface area contributed by atoms with Crippen LogP contribution in [-0.2, 0) is 11.0 Å². The number of anilines is 1. The van der Waals surface area contributed by atoms with E-state index < -0.39 is 11.7 Å². The second-order valence-electron chi connectivity index (χ2n) is 5.28. The van der Waals surface area contributed by atoms with E-state index in [-0.39, 0.29) is 23.6 Å². The molecule has 0 atom stereocenters. The Hall–Kier alpha value is -1.24. The molecule has 0 radical (unpaired) electrons. The minimum absolute atomic E-state index is 0.0689. The van der Waals surface area contributed by atoms with Crippen LogP contribution in [0, 0.1) is 5.92 Å². The standard InChI is InChI=1S/C14H16BrF3N2O/c15-9-3-6-11(14(16,17)18)12(7-9)20-10-4-1-8(2-5-10)13(19)21/h3,6-8,10,20H,1-2,4-5H2,(H2,19,21). The van der Waals surface area contributed by atoms with E-state index in [1.54, 1.807) is 0 Å². The lowest BCUT2D eigenvalue weighted by Crippen LogP contribution is -2.32. The van der Waals surface area contributed by atoms with Crippen LogP contribution in [0.3, 0.4) is 0 Å². The molecule has 1 aliphatic rings. The van der Waals surface area contributed by atoms with Gasteiger partial charge in [0.15, 0.2) is 0 Å². The number of rotatable bonds is 3. The summed E-state index contributed by atoms with van der Waals surface area (Å²) in [6.07, 6.45) is -1.90. The Kier molecular flexibility index (Phi) is 4.81. The van der Waals surface area contributed by atoms with Gasteiger partial charge in [0.25, 0.3) is 0 Å². The van der Waals surface area contributed by atoms with Crippen molar-refractivity contribution >= 4 is 27.5 Å². The van der Waals surface area contributed by atoms with Gasteiger partial charge in [0, 0.05) is 22.1 Å². The lowest BCUT2D eigenvalue weighted by molar-refractivity contribution is -0.137. The number of carbonyl (C=O) groups is 1. The molecule has 1 amide bonds. The second-order valence-corrected chi connectivity index (χ2v) is 6.20. The minimum Gasteiger partial charge on any atom is -0.382 e. The van der Waals surface area contributed by atoms with Gasteiger partial charge in [-0.05, 0) is 43.9 Å². The fraction of sp³-hybridized carbons (Fsp3) is 0.500. The van der Waals surface area contributed by atoms with Gasteiger partial charge < -0.3 is 11.1 Å². The molecule has 0 bridgehead atoms. The van der Waals surface area contributed by atoms with Crippen molar-refractivity contribution in [1.29, 1.82) is 0 Å². The third-order valence-corrected chi connectivity index (χ3v) is 4.27. The van der Waals surface area contributed by atoms with E-state index in [0.29, 0.717) is 30.2 Å². The van der Waals surface area contributed by atoms with Crippen LogP contribution in [-0.4, -0.2) is 11.9 Å². The number of nitrogens with two attached hydrogens (primary N) is 1. The molecule has 0 aromatic heterocycles. The Morgan fingerprint density at radius 1 is 1.24 bits per heavy atom. The van der Waals surface area contributed by atoms with Crippen LogP contribution in [0.1, 0.15) is 31.2 Å². The number of hydrogen-bond donors (Lipinski definition) is 2. The average Bonchev–Trinajstić information content (AvgIpc) is 2.38. The summed E-state index contributed by atoms with van der Waals surface area (Å²) < 4.78 is 39.5. The molecule has 0 saturated heterocycles. The van der Waals surface area contributed by atoms with Gasteiger partial charge in [-0.1, -0.05) is 15.9 Å². The number of amides is 1. The van der Waals surface area contributed by atoms with E-state index in [9.17, 15) is 18.0 Å². The Balaban J connectivity index is 2.10. The first-order valence-corrected chi connectivity index (χ1v) is 7.49. The number of primary amides is 1. The van der Waals surface area contributed by atoms with Crippen molar-refractivity contribution in [3.8, 4) is 0 Å². The molecule has 1 saturated carbocycles. The molecule has 0 unspecified atom stereocenters. The molecule has 3 nitrogen and oxygen atoms in total.